The zero-order valence-electron chi connectivity index (χ0n) is 16.0. The lowest BCUT2D eigenvalue weighted by Crippen LogP contribution is -2.54. The Morgan fingerprint density at radius 2 is 1.92 bits per heavy atom. The minimum Gasteiger partial charge on any atom is -0.504 e. The molecule has 0 aromatic heterocycles. The van der Waals surface area contributed by atoms with Crippen molar-refractivity contribution in [1.29, 1.82) is 0 Å². The van der Waals surface area contributed by atoms with Crippen molar-refractivity contribution in [1.82, 2.24) is 0 Å². The summed E-state index contributed by atoms with van der Waals surface area (Å²) in [6.45, 7) is 8.40. The van der Waals surface area contributed by atoms with Crippen LogP contribution in [0.15, 0.2) is 6.07 Å². The second-order valence-corrected chi connectivity index (χ2v) is 8.75. The van der Waals surface area contributed by atoms with Gasteiger partial charge in [-0.3, -0.25) is 4.79 Å². The number of rotatable bonds is 2. The number of esters is 1. The molecule has 2 aliphatic rings. The van der Waals surface area contributed by atoms with Crippen LogP contribution < -0.4 is 0 Å². The summed E-state index contributed by atoms with van der Waals surface area (Å²) < 4.78 is 5.24. The van der Waals surface area contributed by atoms with Gasteiger partial charge in [0.05, 0.1) is 7.11 Å². The van der Waals surface area contributed by atoms with Crippen LogP contribution in [0.2, 0.25) is 0 Å². The van der Waals surface area contributed by atoms with Gasteiger partial charge in [0.1, 0.15) is 5.41 Å². The molecule has 0 heterocycles. The SMILES string of the molecule is COC(=O)C12CCCC(C)(C)C1CCc1cc(C(C)C)c(O)c(O)c12. The topological polar surface area (TPSA) is 66.8 Å². The maximum atomic E-state index is 13.0. The molecular formula is C21H30O4. The standard InChI is InChI=1S/C21H30O4/c1-12(2)14-11-13-7-8-15-20(3,4)9-6-10-21(15,19(24)25-5)16(13)18(23)17(14)22/h11-12,15,22-23H,6-10H2,1-5H3. The zero-order valence-corrected chi connectivity index (χ0v) is 16.0. The quantitative estimate of drug-likeness (QED) is 0.615. The van der Waals surface area contributed by atoms with Gasteiger partial charge < -0.3 is 14.9 Å². The number of phenols is 2. The first-order valence-corrected chi connectivity index (χ1v) is 9.33. The van der Waals surface area contributed by atoms with Gasteiger partial charge in [-0.15, -0.1) is 0 Å². The molecule has 2 N–H and O–H groups in total. The number of aryl methyl sites for hydroxylation is 1. The molecule has 4 nitrogen and oxygen atoms in total. The molecule has 1 aromatic carbocycles. The van der Waals surface area contributed by atoms with Crippen LogP contribution in [0.5, 0.6) is 11.5 Å². The number of benzene rings is 1. The Balaban J connectivity index is 2.31. The third kappa shape index (κ3) is 2.44. The van der Waals surface area contributed by atoms with E-state index in [4.69, 9.17) is 4.74 Å². The monoisotopic (exact) mass is 346 g/mol. The molecule has 0 amide bonds. The van der Waals surface area contributed by atoms with E-state index < -0.39 is 5.41 Å². The summed E-state index contributed by atoms with van der Waals surface area (Å²) >= 11 is 0. The van der Waals surface area contributed by atoms with E-state index in [9.17, 15) is 15.0 Å². The lowest BCUT2D eigenvalue weighted by atomic mass is 9.49. The van der Waals surface area contributed by atoms with E-state index in [1.165, 1.54) is 7.11 Å². The first kappa shape index (κ1) is 18.1. The lowest BCUT2D eigenvalue weighted by Gasteiger charge is -2.54. The molecule has 3 rings (SSSR count). The van der Waals surface area contributed by atoms with Crippen molar-refractivity contribution >= 4 is 5.97 Å². The second kappa shape index (κ2) is 5.93. The fourth-order valence-corrected chi connectivity index (χ4v) is 5.47. The van der Waals surface area contributed by atoms with Gasteiger partial charge in [-0.1, -0.05) is 40.2 Å². The van der Waals surface area contributed by atoms with Gasteiger partial charge in [0.2, 0.25) is 0 Å². The van der Waals surface area contributed by atoms with Gasteiger partial charge in [-0.05, 0) is 48.5 Å². The van der Waals surface area contributed by atoms with Gasteiger partial charge in [-0.25, -0.2) is 0 Å². The van der Waals surface area contributed by atoms with Gasteiger partial charge in [0.25, 0.3) is 0 Å². The summed E-state index contributed by atoms with van der Waals surface area (Å²) in [5, 5.41) is 21.5. The van der Waals surface area contributed by atoms with E-state index in [1.807, 2.05) is 19.9 Å². The Kier molecular flexibility index (Phi) is 4.29. The van der Waals surface area contributed by atoms with Crippen LogP contribution in [0.1, 0.15) is 76.0 Å². The maximum Gasteiger partial charge on any atom is 0.316 e. The molecule has 4 heteroatoms. The molecule has 0 saturated heterocycles. The highest BCUT2D eigenvalue weighted by molar-refractivity contribution is 5.87. The number of phenolic OH excluding ortho intramolecular Hbond substituents is 2. The molecule has 2 unspecified atom stereocenters. The van der Waals surface area contributed by atoms with E-state index >= 15 is 0 Å². The Hall–Kier alpha value is -1.71. The minimum absolute atomic E-state index is 0.0110. The molecule has 2 aliphatic carbocycles. The van der Waals surface area contributed by atoms with Crippen LogP contribution in [0.25, 0.3) is 0 Å². The van der Waals surface area contributed by atoms with Crippen molar-refractivity contribution in [2.45, 2.75) is 71.1 Å². The first-order valence-electron chi connectivity index (χ1n) is 9.33. The molecule has 1 saturated carbocycles. The molecule has 1 fully saturated rings. The number of fused-ring (bicyclic) bond motifs is 3. The number of carbonyl (C=O) groups is 1. The average molecular weight is 346 g/mol. The number of hydrogen-bond acceptors (Lipinski definition) is 4. The zero-order chi connectivity index (χ0) is 18.6. The summed E-state index contributed by atoms with van der Waals surface area (Å²) in [7, 11) is 1.42. The smallest absolute Gasteiger partial charge is 0.316 e. The van der Waals surface area contributed by atoms with E-state index in [-0.39, 0.29) is 34.7 Å². The van der Waals surface area contributed by atoms with Crippen LogP contribution >= 0.6 is 0 Å². The van der Waals surface area contributed by atoms with Crippen molar-refractivity contribution < 1.29 is 19.7 Å². The molecule has 0 radical (unpaired) electrons. The van der Waals surface area contributed by atoms with Crippen LogP contribution in [0.4, 0.5) is 0 Å². The van der Waals surface area contributed by atoms with Crippen molar-refractivity contribution in [3.63, 3.8) is 0 Å². The molecule has 2 atom stereocenters. The molecule has 0 bridgehead atoms. The Morgan fingerprint density at radius 1 is 1.24 bits per heavy atom. The highest BCUT2D eigenvalue weighted by atomic mass is 16.5. The van der Waals surface area contributed by atoms with Crippen LogP contribution in [0.3, 0.4) is 0 Å². The largest absolute Gasteiger partial charge is 0.504 e. The molecule has 25 heavy (non-hydrogen) atoms. The van der Waals surface area contributed by atoms with Crippen molar-refractivity contribution in [2.24, 2.45) is 11.3 Å². The number of aromatic hydroxyl groups is 2. The van der Waals surface area contributed by atoms with E-state index in [2.05, 4.69) is 13.8 Å². The van der Waals surface area contributed by atoms with Gasteiger partial charge in [0, 0.05) is 11.1 Å². The van der Waals surface area contributed by atoms with Gasteiger partial charge in [0.15, 0.2) is 11.5 Å². The van der Waals surface area contributed by atoms with E-state index in [1.54, 1.807) is 0 Å². The summed E-state index contributed by atoms with van der Waals surface area (Å²) in [5.74, 6) is -0.275. The summed E-state index contributed by atoms with van der Waals surface area (Å²) in [5.41, 5.74) is 1.47. The predicted molar refractivity (Wildman–Crippen MR) is 97.0 cm³/mol. The maximum absolute atomic E-state index is 13.0. The van der Waals surface area contributed by atoms with Crippen LogP contribution in [-0.2, 0) is 21.4 Å². The number of ether oxygens (including phenoxy) is 1. The number of carbonyl (C=O) groups excluding carboxylic acids is 1. The van der Waals surface area contributed by atoms with Crippen molar-refractivity contribution in [3.05, 3.63) is 22.8 Å². The summed E-state index contributed by atoms with van der Waals surface area (Å²) in [6.07, 6.45) is 4.34. The fraction of sp³-hybridized carbons (Fsp3) is 0.667. The summed E-state index contributed by atoms with van der Waals surface area (Å²) in [4.78, 5) is 13.0. The second-order valence-electron chi connectivity index (χ2n) is 8.75. The molecule has 138 valence electrons. The number of methoxy groups -OCH3 is 1. The van der Waals surface area contributed by atoms with Crippen molar-refractivity contribution in [3.8, 4) is 11.5 Å². The third-order valence-electron chi connectivity index (χ3n) is 6.64. The minimum atomic E-state index is -0.860. The molecule has 0 spiro atoms. The van der Waals surface area contributed by atoms with Crippen LogP contribution in [-0.4, -0.2) is 23.3 Å². The average Bonchev–Trinajstić information content (AvgIpc) is 2.55. The van der Waals surface area contributed by atoms with Gasteiger partial charge >= 0.3 is 5.97 Å². The van der Waals surface area contributed by atoms with E-state index in [0.29, 0.717) is 12.0 Å². The third-order valence-corrected chi connectivity index (χ3v) is 6.64. The Morgan fingerprint density at radius 3 is 2.52 bits per heavy atom. The number of hydrogen-bond donors (Lipinski definition) is 2. The normalized spacial score (nSPS) is 27.5. The molecule has 1 aromatic rings. The Bertz CT molecular complexity index is 704. The van der Waals surface area contributed by atoms with Gasteiger partial charge in [-0.2, -0.15) is 0 Å². The molecular weight excluding hydrogens is 316 g/mol. The summed E-state index contributed by atoms with van der Waals surface area (Å²) in [6, 6.07) is 1.98. The van der Waals surface area contributed by atoms with Crippen LogP contribution in [0, 0.1) is 11.3 Å². The highest BCUT2D eigenvalue weighted by Gasteiger charge is 2.59. The lowest BCUT2D eigenvalue weighted by molar-refractivity contribution is -0.156. The Labute approximate surface area is 150 Å². The first-order chi connectivity index (χ1) is 11.7. The van der Waals surface area contributed by atoms with Crippen molar-refractivity contribution in [2.75, 3.05) is 7.11 Å². The predicted octanol–water partition coefficient (Wildman–Crippen LogP) is 4.40. The molecule has 0 aliphatic heterocycles. The highest BCUT2D eigenvalue weighted by Crippen LogP contribution is 2.61. The fourth-order valence-electron chi connectivity index (χ4n) is 5.47. The van der Waals surface area contributed by atoms with E-state index in [0.717, 1.165) is 36.8 Å².